The number of nitrogens with zero attached hydrogens (tertiary/aromatic N) is 3. The molecule has 0 aliphatic heterocycles. The number of hydrogen-bond acceptors (Lipinski definition) is 5. The molecular weight excluding hydrogens is 408 g/mol. The van der Waals surface area contributed by atoms with Crippen LogP contribution < -0.4 is 24.4 Å². The minimum absolute atomic E-state index is 0.309. The Balaban J connectivity index is 1.67. The van der Waals surface area contributed by atoms with E-state index in [9.17, 15) is 4.79 Å². The molecule has 8 heteroatoms. The van der Waals surface area contributed by atoms with Crippen molar-refractivity contribution in [2.24, 2.45) is 0 Å². The lowest BCUT2D eigenvalue weighted by molar-refractivity contribution is 0.256. The van der Waals surface area contributed by atoms with E-state index >= 15 is 0 Å². The summed E-state index contributed by atoms with van der Waals surface area (Å²) in [4.78, 5) is 19.5. The molecule has 0 radical (unpaired) electrons. The number of ether oxygens (including phenoxy) is 3. The number of methoxy groups -OCH3 is 3. The van der Waals surface area contributed by atoms with Crippen molar-refractivity contribution in [1.82, 2.24) is 9.38 Å². The second kappa shape index (κ2) is 9.30. The number of imidazole rings is 1. The molecule has 0 spiro atoms. The van der Waals surface area contributed by atoms with Gasteiger partial charge in [-0.1, -0.05) is 24.3 Å². The number of rotatable bonds is 7. The fourth-order valence-corrected chi connectivity index (χ4v) is 3.50. The summed E-state index contributed by atoms with van der Waals surface area (Å²) in [5.74, 6) is 1.36. The topological polar surface area (TPSA) is 77.3 Å². The van der Waals surface area contributed by atoms with Crippen LogP contribution in [0, 0.1) is 0 Å². The van der Waals surface area contributed by atoms with Crippen molar-refractivity contribution in [3.05, 3.63) is 78.8 Å². The number of amides is 2. The highest BCUT2D eigenvalue weighted by atomic mass is 16.5. The van der Waals surface area contributed by atoms with Gasteiger partial charge in [-0.15, -0.1) is 0 Å². The molecule has 0 saturated heterocycles. The molecule has 164 valence electrons. The summed E-state index contributed by atoms with van der Waals surface area (Å²) in [5, 5.41) is 2.94. The first kappa shape index (κ1) is 21.0. The fourth-order valence-electron chi connectivity index (χ4n) is 3.50. The van der Waals surface area contributed by atoms with Crippen LogP contribution in [0.25, 0.3) is 5.65 Å². The number of pyridine rings is 1. The number of nitrogens with one attached hydrogen (secondary N) is 1. The highest BCUT2D eigenvalue weighted by molar-refractivity contribution is 6.02. The maximum atomic E-state index is 13.4. The van der Waals surface area contributed by atoms with E-state index in [1.54, 1.807) is 23.2 Å². The van der Waals surface area contributed by atoms with Gasteiger partial charge in [-0.2, -0.15) is 0 Å². The zero-order valence-corrected chi connectivity index (χ0v) is 18.1. The third-order valence-electron chi connectivity index (χ3n) is 5.04. The molecule has 0 bridgehead atoms. The van der Waals surface area contributed by atoms with E-state index in [-0.39, 0.29) is 6.03 Å². The molecular formula is C24H24N4O4. The van der Waals surface area contributed by atoms with Crippen molar-refractivity contribution in [1.29, 1.82) is 0 Å². The summed E-state index contributed by atoms with van der Waals surface area (Å²) >= 11 is 0. The van der Waals surface area contributed by atoms with Gasteiger partial charge in [0, 0.05) is 24.0 Å². The zero-order chi connectivity index (χ0) is 22.5. The standard InChI is InChI=1S/C24H24N4O4/c1-30-20-13-17(14-21(31-2)23(20)32-3)26-24(29)28(18-9-5-4-6-10-18)16-19-15-25-22-11-7-8-12-27(19)22/h4-15H,16H2,1-3H3,(H,26,29). The van der Waals surface area contributed by atoms with Crippen LogP contribution in [-0.2, 0) is 6.54 Å². The molecule has 4 aromatic rings. The number of anilines is 2. The van der Waals surface area contributed by atoms with Crippen LogP contribution in [0.5, 0.6) is 17.2 Å². The summed E-state index contributed by atoms with van der Waals surface area (Å²) in [6.45, 7) is 0.325. The van der Waals surface area contributed by atoms with Crippen LogP contribution in [0.3, 0.4) is 0 Å². The van der Waals surface area contributed by atoms with Gasteiger partial charge in [0.15, 0.2) is 11.5 Å². The summed E-state index contributed by atoms with van der Waals surface area (Å²) < 4.78 is 18.1. The van der Waals surface area contributed by atoms with Gasteiger partial charge in [-0.3, -0.25) is 4.90 Å². The number of fused-ring (bicyclic) bond motifs is 1. The molecule has 0 aliphatic rings. The maximum absolute atomic E-state index is 13.4. The molecule has 2 aromatic carbocycles. The Hall–Kier alpha value is -4.20. The molecule has 0 atom stereocenters. The van der Waals surface area contributed by atoms with Crippen molar-refractivity contribution >= 4 is 23.1 Å². The molecule has 2 heterocycles. The number of urea groups is 1. The number of benzene rings is 2. The normalized spacial score (nSPS) is 10.6. The lowest BCUT2D eigenvalue weighted by Gasteiger charge is -2.23. The predicted molar refractivity (Wildman–Crippen MR) is 123 cm³/mol. The van der Waals surface area contributed by atoms with Gasteiger partial charge in [-0.25, -0.2) is 9.78 Å². The Morgan fingerprint density at radius 2 is 1.66 bits per heavy atom. The number of hydrogen-bond donors (Lipinski definition) is 1. The molecule has 0 aliphatic carbocycles. The van der Waals surface area contributed by atoms with Crippen LogP contribution in [0.1, 0.15) is 5.69 Å². The van der Waals surface area contributed by atoms with Gasteiger partial charge < -0.3 is 23.9 Å². The zero-order valence-electron chi connectivity index (χ0n) is 18.1. The molecule has 2 aromatic heterocycles. The van der Waals surface area contributed by atoms with Crippen molar-refractivity contribution in [3.8, 4) is 17.2 Å². The van der Waals surface area contributed by atoms with Crippen LogP contribution in [-0.4, -0.2) is 36.7 Å². The van der Waals surface area contributed by atoms with Gasteiger partial charge in [-0.05, 0) is 24.3 Å². The van der Waals surface area contributed by atoms with E-state index in [2.05, 4.69) is 10.3 Å². The minimum Gasteiger partial charge on any atom is -0.493 e. The summed E-state index contributed by atoms with van der Waals surface area (Å²) in [6.07, 6.45) is 3.70. The summed E-state index contributed by atoms with van der Waals surface area (Å²) in [6, 6.07) is 18.3. The van der Waals surface area contributed by atoms with E-state index in [0.29, 0.717) is 29.5 Å². The molecule has 32 heavy (non-hydrogen) atoms. The van der Waals surface area contributed by atoms with Crippen molar-refractivity contribution < 1.29 is 19.0 Å². The monoisotopic (exact) mass is 432 g/mol. The second-order valence-corrected chi connectivity index (χ2v) is 6.94. The molecule has 1 N–H and O–H groups in total. The quantitative estimate of drug-likeness (QED) is 0.462. The van der Waals surface area contributed by atoms with E-state index in [4.69, 9.17) is 14.2 Å². The molecule has 0 fully saturated rings. The molecule has 0 unspecified atom stereocenters. The largest absolute Gasteiger partial charge is 0.493 e. The van der Waals surface area contributed by atoms with Crippen LogP contribution >= 0.6 is 0 Å². The van der Waals surface area contributed by atoms with Crippen LogP contribution in [0.15, 0.2) is 73.1 Å². The summed E-state index contributed by atoms with van der Waals surface area (Å²) in [5.41, 5.74) is 2.97. The first-order valence-corrected chi connectivity index (χ1v) is 9.99. The second-order valence-electron chi connectivity index (χ2n) is 6.94. The molecule has 2 amide bonds. The SMILES string of the molecule is COc1cc(NC(=O)N(Cc2cnc3ccccn23)c2ccccc2)cc(OC)c1OC. The molecule has 0 saturated carbocycles. The van der Waals surface area contributed by atoms with Crippen molar-refractivity contribution in [2.75, 3.05) is 31.5 Å². The van der Waals surface area contributed by atoms with Crippen molar-refractivity contribution in [3.63, 3.8) is 0 Å². The maximum Gasteiger partial charge on any atom is 0.326 e. The average molecular weight is 432 g/mol. The Morgan fingerprint density at radius 1 is 0.969 bits per heavy atom. The third kappa shape index (κ3) is 4.15. The average Bonchev–Trinajstić information content (AvgIpc) is 3.25. The lowest BCUT2D eigenvalue weighted by atomic mass is 10.2. The van der Waals surface area contributed by atoms with E-state index < -0.39 is 0 Å². The highest BCUT2D eigenvalue weighted by Gasteiger charge is 2.20. The lowest BCUT2D eigenvalue weighted by Crippen LogP contribution is -2.34. The summed E-state index contributed by atoms with van der Waals surface area (Å²) in [7, 11) is 4.60. The highest BCUT2D eigenvalue weighted by Crippen LogP contribution is 2.40. The number of carbonyl (C=O) groups excluding carboxylic acids is 1. The van der Waals surface area contributed by atoms with E-state index in [1.165, 1.54) is 21.3 Å². The smallest absolute Gasteiger partial charge is 0.326 e. The van der Waals surface area contributed by atoms with Gasteiger partial charge in [0.25, 0.3) is 0 Å². The Kier molecular flexibility index (Phi) is 6.12. The number of carbonyl (C=O) groups is 1. The molecule has 8 nitrogen and oxygen atoms in total. The van der Waals surface area contributed by atoms with Crippen molar-refractivity contribution in [2.45, 2.75) is 6.54 Å². The van der Waals surface area contributed by atoms with E-state index in [1.807, 2.05) is 59.1 Å². The Morgan fingerprint density at radius 3 is 2.31 bits per heavy atom. The van der Waals surface area contributed by atoms with Gasteiger partial charge >= 0.3 is 6.03 Å². The van der Waals surface area contributed by atoms with Crippen LogP contribution in [0.2, 0.25) is 0 Å². The fraction of sp³-hybridized carbons (Fsp3) is 0.167. The third-order valence-corrected chi connectivity index (χ3v) is 5.04. The minimum atomic E-state index is -0.309. The van der Waals surface area contributed by atoms with Gasteiger partial charge in [0.1, 0.15) is 5.65 Å². The van der Waals surface area contributed by atoms with Gasteiger partial charge in [0.2, 0.25) is 5.75 Å². The Bertz CT molecular complexity index is 1200. The first-order valence-electron chi connectivity index (χ1n) is 9.99. The molecule has 4 rings (SSSR count). The number of aromatic nitrogens is 2. The first-order chi connectivity index (χ1) is 15.6. The Labute approximate surface area is 186 Å². The van der Waals surface area contributed by atoms with E-state index in [0.717, 1.165) is 17.0 Å². The predicted octanol–water partition coefficient (Wildman–Crippen LogP) is 4.60. The van der Waals surface area contributed by atoms with Gasteiger partial charge in [0.05, 0.1) is 45.5 Å². The number of para-hydroxylation sites is 1. The van der Waals surface area contributed by atoms with Crippen LogP contribution in [0.4, 0.5) is 16.2 Å².